The van der Waals surface area contributed by atoms with Gasteiger partial charge in [0.2, 0.25) is 0 Å². The van der Waals surface area contributed by atoms with Gasteiger partial charge in [-0.2, -0.15) is 0 Å². The van der Waals surface area contributed by atoms with Crippen LogP contribution in [0.1, 0.15) is 12.8 Å². The first-order chi connectivity index (χ1) is 5.77. The van der Waals surface area contributed by atoms with E-state index >= 15 is 0 Å². The van der Waals surface area contributed by atoms with Crippen LogP contribution in [0.15, 0.2) is 0 Å². The number of hydrogen-bond acceptors (Lipinski definition) is 2. The Morgan fingerprint density at radius 2 is 2.50 bits per heavy atom. The molecule has 1 rings (SSSR count). The van der Waals surface area contributed by atoms with Crippen molar-refractivity contribution < 1.29 is 9.50 Å². The Morgan fingerprint density at radius 1 is 1.75 bits per heavy atom. The Morgan fingerprint density at radius 3 is 3.08 bits per heavy atom. The molecule has 1 N–H and O–H groups in total. The third-order valence-corrected chi connectivity index (χ3v) is 2.18. The Bertz CT molecular complexity index is 178. The number of hydrogen-bond donors (Lipinski definition) is 1. The molecular weight excluding hydrogens is 157 g/mol. The fourth-order valence-electron chi connectivity index (χ4n) is 1.55. The molecule has 2 unspecified atom stereocenters. The second kappa shape index (κ2) is 4.44. The van der Waals surface area contributed by atoms with Crippen molar-refractivity contribution in [3.05, 3.63) is 0 Å². The van der Waals surface area contributed by atoms with E-state index in [1.165, 1.54) is 0 Å². The molecule has 0 saturated carbocycles. The first kappa shape index (κ1) is 9.50. The fourth-order valence-corrected chi connectivity index (χ4v) is 1.55. The smallest absolute Gasteiger partial charge is 0.117 e. The van der Waals surface area contributed by atoms with E-state index in [0.29, 0.717) is 6.54 Å². The second-order valence-electron chi connectivity index (χ2n) is 3.13. The van der Waals surface area contributed by atoms with Crippen LogP contribution in [0, 0.1) is 12.3 Å². The van der Waals surface area contributed by atoms with Crippen molar-refractivity contribution in [1.29, 1.82) is 0 Å². The van der Waals surface area contributed by atoms with Crippen LogP contribution in [-0.2, 0) is 0 Å². The molecular formula is C9H14FNO. The van der Waals surface area contributed by atoms with Crippen LogP contribution in [0.25, 0.3) is 0 Å². The first-order valence-electron chi connectivity index (χ1n) is 4.22. The molecule has 2 nitrogen and oxygen atoms in total. The minimum Gasteiger partial charge on any atom is -0.389 e. The van der Waals surface area contributed by atoms with Gasteiger partial charge in [-0.05, 0) is 19.4 Å². The van der Waals surface area contributed by atoms with Gasteiger partial charge < -0.3 is 5.11 Å². The number of likely N-dealkylation sites (tertiary alicyclic amines) is 1. The fraction of sp³-hybridized carbons (Fsp3) is 0.778. The zero-order valence-electron chi connectivity index (χ0n) is 7.04. The molecule has 1 aliphatic heterocycles. The van der Waals surface area contributed by atoms with Crippen LogP contribution >= 0.6 is 0 Å². The van der Waals surface area contributed by atoms with Crippen molar-refractivity contribution in [2.45, 2.75) is 25.0 Å². The summed E-state index contributed by atoms with van der Waals surface area (Å²) in [4.78, 5) is 1.96. The molecule has 3 heteroatoms. The minimum absolute atomic E-state index is 0.103. The molecule has 1 saturated heterocycles. The molecule has 0 aromatic rings. The summed E-state index contributed by atoms with van der Waals surface area (Å²) >= 11 is 0. The van der Waals surface area contributed by atoms with E-state index in [9.17, 15) is 4.39 Å². The number of β-amino-alcohol motifs (C(OH)–C–C–N with tert-alkyl or cyclic N) is 1. The summed E-state index contributed by atoms with van der Waals surface area (Å²) in [5, 5.41) is 9.05. The Kier molecular flexibility index (Phi) is 3.51. The molecule has 0 aromatic heterocycles. The third kappa shape index (κ3) is 2.20. The zero-order chi connectivity index (χ0) is 8.97. The van der Waals surface area contributed by atoms with E-state index in [0.717, 1.165) is 19.4 Å². The lowest BCUT2D eigenvalue weighted by atomic mass is 10.2. The molecule has 0 amide bonds. The number of aliphatic hydroxyl groups excluding tert-OH is 1. The summed E-state index contributed by atoms with van der Waals surface area (Å²) in [6.07, 6.45) is 6.42. The van der Waals surface area contributed by atoms with E-state index in [2.05, 4.69) is 5.92 Å². The SMILES string of the molecule is C#CC1CCCN1CC(O)CF. The maximum absolute atomic E-state index is 11.9. The van der Waals surface area contributed by atoms with Crippen molar-refractivity contribution in [2.75, 3.05) is 19.8 Å². The summed E-state index contributed by atoms with van der Waals surface area (Å²) < 4.78 is 11.9. The van der Waals surface area contributed by atoms with Gasteiger partial charge in [-0.25, -0.2) is 4.39 Å². The number of halogens is 1. The summed E-state index contributed by atoms with van der Waals surface area (Å²) in [6, 6.07) is 0.103. The van der Waals surface area contributed by atoms with Gasteiger partial charge in [0, 0.05) is 6.54 Å². The van der Waals surface area contributed by atoms with Gasteiger partial charge in [0.15, 0.2) is 0 Å². The summed E-state index contributed by atoms with van der Waals surface area (Å²) in [7, 11) is 0. The molecule has 0 bridgehead atoms. The molecule has 0 aliphatic carbocycles. The summed E-state index contributed by atoms with van der Waals surface area (Å²) in [5.41, 5.74) is 0. The standard InChI is InChI=1S/C9H14FNO/c1-2-8-4-3-5-11(8)7-9(12)6-10/h1,8-9,12H,3-7H2. The lowest BCUT2D eigenvalue weighted by Crippen LogP contribution is -2.36. The Labute approximate surface area is 72.4 Å². The van der Waals surface area contributed by atoms with Gasteiger partial charge in [-0.1, -0.05) is 5.92 Å². The van der Waals surface area contributed by atoms with E-state index in [1.54, 1.807) is 0 Å². The van der Waals surface area contributed by atoms with Gasteiger partial charge in [0.1, 0.15) is 6.67 Å². The average molecular weight is 171 g/mol. The van der Waals surface area contributed by atoms with Crippen molar-refractivity contribution in [1.82, 2.24) is 4.90 Å². The molecule has 1 aliphatic rings. The predicted octanol–water partition coefficient (Wildman–Crippen LogP) is 0.414. The number of aliphatic hydroxyl groups is 1. The van der Waals surface area contributed by atoms with E-state index in [4.69, 9.17) is 11.5 Å². The summed E-state index contributed by atoms with van der Waals surface area (Å²) in [6.45, 7) is 0.561. The number of alkyl halides is 1. The highest BCUT2D eigenvalue weighted by Crippen LogP contribution is 2.16. The largest absolute Gasteiger partial charge is 0.389 e. The van der Waals surface area contributed by atoms with Crippen LogP contribution in [0.2, 0.25) is 0 Å². The monoisotopic (exact) mass is 171 g/mol. The average Bonchev–Trinajstić information content (AvgIpc) is 2.51. The third-order valence-electron chi connectivity index (χ3n) is 2.18. The molecule has 1 fully saturated rings. The van der Waals surface area contributed by atoms with E-state index in [1.807, 2.05) is 4.90 Å². The highest BCUT2D eigenvalue weighted by Gasteiger charge is 2.24. The molecule has 0 radical (unpaired) electrons. The predicted molar refractivity (Wildman–Crippen MR) is 45.4 cm³/mol. The van der Waals surface area contributed by atoms with E-state index in [-0.39, 0.29) is 6.04 Å². The number of terminal acetylenes is 1. The molecule has 0 spiro atoms. The maximum Gasteiger partial charge on any atom is 0.117 e. The highest BCUT2D eigenvalue weighted by atomic mass is 19.1. The van der Waals surface area contributed by atoms with Gasteiger partial charge in [0.25, 0.3) is 0 Å². The lowest BCUT2D eigenvalue weighted by molar-refractivity contribution is 0.0923. The zero-order valence-corrected chi connectivity index (χ0v) is 7.04. The highest BCUT2D eigenvalue weighted by molar-refractivity contribution is 5.03. The summed E-state index contributed by atoms with van der Waals surface area (Å²) in [5.74, 6) is 2.64. The lowest BCUT2D eigenvalue weighted by Gasteiger charge is -2.21. The minimum atomic E-state index is -0.876. The van der Waals surface area contributed by atoms with Gasteiger partial charge >= 0.3 is 0 Å². The second-order valence-corrected chi connectivity index (χ2v) is 3.13. The molecule has 0 aromatic carbocycles. The van der Waals surface area contributed by atoms with Crippen LogP contribution in [0.5, 0.6) is 0 Å². The maximum atomic E-state index is 11.9. The van der Waals surface area contributed by atoms with Crippen LogP contribution < -0.4 is 0 Å². The quantitative estimate of drug-likeness (QED) is 0.622. The first-order valence-corrected chi connectivity index (χ1v) is 4.22. The Hall–Kier alpha value is -0.590. The number of rotatable bonds is 3. The van der Waals surface area contributed by atoms with Crippen LogP contribution in [-0.4, -0.2) is 41.9 Å². The van der Waals surface area contributed by atoms with Crippen molar-refractivity contribution in [3.63, 3.8) is 0 Å². The van der Waals surface area contributed by atoms with Crippen LogP contribution in [0.3, 0.4) is 0 Å². The van der Waals surface area contributed by atoms with Gasteiger partial charge in [-0.15, -0.1) is 6.42 Å². The van der Waals surface area contributed by atoms with Crippen LogP contribution in [0.4, 0.5) is 4.39 Å². The molecule has 1 heterocycles. The van der Waals surface area contributed by atoms with Gasteiger partial charge in [-0.3, -0.25) is 4.90 Å². The molecule has 2 atom stereocenters. The molecule has 12 heavy (non-hydrogen) atoms. The van der Waals surface area contributed by atoms with Gasteiger partial charge in [0.05, 0.1) is 12.1 Å². The van der Waals surface area contributed by atoms with Crippen molar-refractivity contribution >= 4 is 0 Å². The Balaban J connectivity index is 2.36. The number of nitrogens with zero attached hydrogens (tertiary/aromatic N) is 1. The molecule has 68 valence electrons. The van der Waals surface area contributed by atoms with E-state index < -0.39 is 12.8 Å². The van der Waals surface area contributed by atoms with Crippen molar-refractivity contribution in [3.8, 4) is 12.3 Å². The topological polar surface area (TPSA) is 23.5 Å². The van der Waals surface area contributed by atoms with Crippen molar-refractivity contribution in [2.24, 2.45) is 0 Å². The normalized spacial score (nSPS) is 26.9.